The van der Waals surface area contributed by atoms with Crippen LogP contribution in [0.2, 0.25) is 0 Å². The number of para-hydroxylation sites is 1. The van der Waals surface area contributed by atoms with E-state index in [2.05, 4.69) is 5.32 Å². The van der Waals surface area contributed by atoms with Crippen LogP contribution in [-0.2, 0) is 6.18 Å². The molecule has 26 heavy (non-hydrogen) atoms. The van der Waals surface area contributed by atoms with Crippen molar-refractivity contribution in [1.29, 1.82) is 0 Å². The monoisotopic (exact) mass is 363 g/mol. The Morgan fingerprint density at radius 3 is 2.54 bits per heavy atom. The molecule has 1 heterocycles. The lowest BCUT2D eigenvalue weighted by Crippen LogP contribution is -2.39. The van der Waals surface area contributed by atoms with Crippen LogP contribution in [0.3, 0.4) is 0 Å². The molecule has 6 heteroatoms. The van der Waals surface area contributed by atoms with Gasteiger partial charge in [0.2, 0.25) is 0 Å². The van der Waals surface area contributed by atoms with Gasteiger partial charge in [-0.15, -0.1) is 0 Å². The Balaban J connectivity index is 2.06. The SMILES string of the molecule is Cc1ccc(Nc2ccccc2)c(C(F)(F)F)c1N1CCC[C@@H](CN)C1. The zero-order chi connectivity index (χ0) is 18.7. The van der Waals surface area contributed by atoms with Crippen molar-refractivity contribution >= 4 is 17.1 Å². The van der Waals surface area contributed by atoms with Crippen LogP contribution in [0.15, 0.2) is 42.5 Å². The minimum absolute atomic E-state index is 0.0826. The van der Waals surface area contributed by atoms with Crippen molar-refractivity contribution in [3.8, 4) is 0 Å². The van der Waals surface area contributed by atoms with Crippen molar-refractivity contribution in [1.82, 2.24) is 0 Å². The van der Waals surface area contributed by atoms with Gasteiger partial charge in [0.05, 0.1) is 11.4 Å². The second-order valence-corrected chi connectivity index (χ2v) is 6.83. The summed E-state index contributed by atoms with van der Waals surface area (Å²) in [5.74, 6) is 0.231. The lowest BCUT2D eigenvalue weighted by Gasteiger charge is -2.37. The van der Waals surface area contributed by atoms with E-state index in [0.717, 1.165) is 12.8 Å². The number of benzene rings is 2. The molecule has 0 spiro atoms. The van der Waals surface area contributed by atoms with Gasteiger partial charge in [-0.1, -0.05) is 24.3 Å². The van der Waals surface area contributed by atoms with E-state index in [4.69, 9.17) is 5.73 Å². The summed E-state index contributed by atoms with van der Waals surface area (Å²) in [6.45, 7) is 3.42. The van der Waals surface area contributed by atoms with Crippen LogP contribution < -0.4 is 16.0 Å². The number of halogens is 3. The molecule has 3 rings (SSSR count). The summed E-state index contributed by atoms with van der Waals surface area (Å²) < 4.78 is 42.1. The molecule has 0 radical (unpaired) electrons. The van der Waals surface area contributed by atoms with Crippen molar-refractivity contribution in [3.63, 3.8) is 0 Å². The summed E-state index contributed by atoms with van der Waals surface area (Å²) in [6, 6.07) is 12.2. The average molecular weight is 363 g/mol. The number of nitrogens with one attached hydrogen (secondary N) is 1. The van der Waals surface area contributed by atoms with Gasteiger partial charge in [-0.05, 0) is 56.0 Å². The molecule has 3 N–H and O–H groups in total. The van der Waals surface area contributed by atoms with Gasteiger partial charge in [0.1, 0.15) is 5.56 Å². The molecule has 1 fully saturated rings. The van der Waals surface area contributed by atoms with E-state index in [1.807, 2.05) is 11.0 Å². The highest BCUT2D eigenvalue weighted by Crippen LogP contribution is 2.45. The predicted octanol–water partition coefficient (Wildman–Crippen LogP) is 4.93. The molecule has 0 saturated carbocycles. The van der Waals surface area contributed by atoms with E-state index in [-0.39, 0.29) is 17.3 Å². The molecule has 0 unspecified atom stereocenters. The molecule has 2 aromatic rings. The fourth-order valence-electron chi connectivity index (χ4n) is 3.63. The quantitative estimate of drug-likeness (QED) is 0.809. The van der Waals surface area contributed by atoms with Crippen molar-refractivity contribution in [2.24, 2.45) is 11.7 Å². The van der Waals surface area contributed by atoms with Crippen LogP contribution in [0, 0.1) is 12.8 Å². The molecule has 140 valence electrons. The molecule has 0 aliphatic carbocycles. The van der Waals surface area contributed by atoms with E-state index < -0.39 is 11.7 Å². The lowest BCUT2D eigenvalue weighted by molar-refractivity contribution is -0.136. The normalized spacial score (nSPS) is 18.0. The minimum Gasteiger partial charge on any atom is -0.370 e. The molecule has 3 nitrogen and oxygen atoms in total. The first-order valence-electron chi connectivity index (χ1n) is 8.88. The summed E-state index contributed by atoms with van der Waals surface area (Å²) in [5, 5.41) is 2.94. The van der Waals surface area contributed by atoms with Crippen LogP contribution in [0.25, 0.3) is 0 Å². The molecule has 0 bridgehead atoms. The van der Waals surface area contributed by atoms with Crippen LogP contribution >= 0.6 is 0 Å². The summed E-state index contributed by atoms with van der Waals surface area (Å²) in [6.07, 6.45) is -2.63. The molecule has 2 aromatic carbocycles. The fraction of sp³-hybridized carbons (Fsp3) is 0.400. The van der Waals surface area contributed by atoms with E-state index in [1.165, 1.54) is 6.07 Å². The molecule has 1 aliphatic rings. The van der Waals surface area contributed by atoms with Crippen molar-refractivity contribution in [2.75, 3.05) is 29.9 Å². The standard InChI is InChI=1S/C20H24F3N3/c1-14-9-10-17(25-16-7-3-2-4-8-16)18(20(21,22)23)19(14)26-11-5-6-15(12-24)13-26/h2-4,7-10,15,25H,5-6,11-13,24H2,1H3/t15-/m0/s1. The molecule has 1 atom stereocenters. The molecule has 0 amide bonds. The average Bonchev–Trinajstić information content (AvgIpc) is 2.63. The third-order valence-electron chi connectivity index (χ3n) is 4.88. The van der Waals surface area contributed by atoms with Gasteiger partial charge in [0.15, 0.2) is 0 Å². The maximum Gasteiger partial charge on any atom is 0.420 e. The number of nitrogens with two attached hydrogens (primary N) is 1. The Hall–Kier alpha value is -2.21. The van der Waals surface area contributed by atoms with Crippen molar-refractivity contribution in [3.05, 3.63) is 53.6 Å². The number of alkyl halides is 3. The van der Waals surface area contributed by atoms with E-state index in [1.54, 1.807) is 37.3 Å². The Labute approximate surface area is 152 Å². The molecule has 0 aromatic heterocycles. The van der Waals surface area contributed by atoms with Crippen molar-refractivity contribution < 1.29 is 13.2 Å². The third kappa shape index (κ3) is 3.96. The summed E-state index contributed by atoms with van der Waals surface area (Å²) >= 11 is 0. The first-order chi connectivity index (χ1) is 12.4. The number of rotatable bonds is 4. The molecular formula is C20H24F3N3. The topological polar surface area (TPSA) is 41.3 Å². The Morgan fingerprint density at radius 2 is 1.88 bits per heavy atom. The Bertz CT molecular complexity index is 744. The van der Waals surface area contributed by atoms with Gasteiger partial charge in [0, 0.05) is 18.8 Å². The van der Waals surface area contributed by atoms with Gasteiger partial charge in [-0.25, -0.2) is 0 Å². The summed E-state index contributed by atoms with van der Waals surface area (Å²) in [7, 11) is 0. The second kappa shape index (κ2) is 7.58. The first-order valence-corrected chi connectivity index (χ1v) is 8.88. The zero-order valence-electron chi connectivity index (χ0n) is 14.8. The number of hydrogen-bond acceptors (Lipinski definition) is 3. The fourth-order valence-corrected chi connectivity index (χ4v) is 3.63. The highest BCUT2D eigenvalue weighted by atomic mass is 19.4. The first kappa shape index (κ1) is 18.6. The minimum atomic E-state index is -4.45. The van der Waals surface area contributed by atoms with Crippen LogP contribution in [-0.4, -0.2) is 19.6 Å². The number of aryl methyl sites for hydroxylation is 1. The summed E-state index contributed by atoms with van der Waals surface area (Å²) in [5.41, 5.74) is 6.80. The molecule has 1 aliphatic heterocycles. The van der Waals surface area contributed by atoms with Crippen molar-refractivity contribution in [2.45, 2.75) is 25.9 Å². The van der Waals surface area contributed by atoms with Gasteiger partial charge in [-0.3, -0.25) is 0 Å². The van der Waals surface area contributed by atoms with E-state index >= 15 is 0 Å². The number of hydrogen-bond donors (Lipinski definition) is 2. The number of piperidine rings is 1. The summed E-state index contributed by atoms with van der Waals surface area (Å²) in [4.78, 5) is 1.86. The predicted molar refractivity (Wildman–Crippen MR) is 99.9 cm³/mol. The van der Waals surface area contributed by atoms with Gasteiger partial charge < -0.3 is 16.0 Å². The van der Waals surface area contributed by atoms with Crippen LogP contribution in [0.4, 0.5) is 30.2 Å². The van der Waals surface area contributed by atoms with Gasteiger partial charge >= 0.3 is 6.18 Å². The largest absolute Gasteiger partial charge is 0.420 e. The molecular weight excluding hydrogens is 339 g/mol. The maximum atomic E-state index is 14.0. The van der Waals surface area contributed by atoms with Gasteiger partial charge in [-0.2, -0.15) is 13.2 Å². The Kier molecular flexibility index (Phi) is 5.41. The Morgan fingerprint density at radius 1 is 1.15 bits per heavy atom. The van der Waals surface area contributed by atoms with E-state index in [9.17, 15) is 13.2 Å². The number of anilines is 3. The van der Waals surface area contributed by atoms with Gasteiger partial charge in [0.25, 0.3) is 0 Å². The van der Waals surface area contributed by atoms with E-state index in [0.29, 0.717) is 30.9 Å². The second-order valence-electron chi connectivity index (χ2n) is 6.83. The van der Waals surface area contributed by atoms with Crippen LogP contribution in [0.5, 0.6) is 0 Å². The molecule has 1 saturated heterocycles. The number of nitrogens with zero attached hydrogens (tertiary/aromatic N) is 1. The highest BCUT2D eigenvalue weighted by Gasteiger charge is 2.39. The third-order valence-corrected chi connectivity index (χ3v) is 4.88. The smallest absolute Gasteiger partial charge is 0.370 e. The van der Waals surface area contributed by atoms with Crippen LogP contribution in [0.1, 0.15) is 24.0 Å². The lowest BCUT2D eigenvalue weighted by atomic mass is 9.95. The zero-order valence-corrected chi connectivity index (χ0v) is 14.8. The highest BCUT2D eigenvalue weighted by molar-refractivity contribution is 5.75. The maximum absolute atomic E-state index is 14.0.